The molecule has 2 aliphatic rings. The Bertz CT molecular complexity index is 550. The van der Waals surface area contributed by atoms with Crippen molar-refractivity contribution in [2.75, 3.05) is 13.2 Å². The Labute approximate surface area is 149 Å². The van der Waals surface area contributed by atoms with Gasteiger partial charge in [0.25, 0.3) is 6.08 Å². The van der Waals surface area contributed by atoms with Crippen LogP contribution in [0.1, 0.15) is 56.1 Å². The number of hydrogen-bond donors (Lipinski definition) is 0. The number of ether oxygens (including phenoxy) is 2. The lowest BCUT2D eigenvalue weighted by Crippen LogP contribution is -2.36. The molecule has 0 N–H and O–H groups in total. The second kappa shape index (κ2) is 8.91. The predicted molar refractivity (Wildman–Crippen MR) is 94.6 cm³/mol. The third-order valence-electron chi connectivity index (χ3n) is 5.71. The van der Waals surface area contributed by atoms with E-state index in [2.05, 4.69) is 24.3 Å². The summed E-state index contributed by atoms with van der Waals surface area (Å²) in [6.07, 6.45) is 5.32. The number of hydrogen-bond acceptors (Lipinski definition) is 2. The molecule has 1 saturated carbocycles. The summed E-state index contributed by atoms with van der Waals surface area (Å²) in [5, 5.41) is 0. The largest absolute Gasteiger partial charge is 0.353 e. The molecule has 0 amide bonds. The molecular weight excluding hydrogens is 322 g/mol. The highest BCUT2D eigenvalue weighted by Gasteiger charge is 2.31. The third kappa shape index (κ3) is 5.35. The Morgan fingerprint density at radius 2 is 1.64 bits per heavy atom. The third-order valence-corrected chi connectivity index (χ3v) is 5.71. The lowest BCUT2D eigenvalue weighted by atomic mass is 9.74. The van der Waals surface area contributed by atoms with Gasteiger partial charge in [-0.2, -0.15) is 8.78 Å². The Morgan fingerprint density at radius 3 is 2.24 bits per heavy atom. The summed E-state index contributed by atoms with van der Waals surface area (Å²) in [4.78, 5) is 0. The monoisotopic (exact) mass is 350 g/mol. The van der Waals surface area contributed by atoms with Gasteiger partial charge in [0.2, 0.25) is 0 Å². The van der Waals surface area contributed by atoms with E-state index < -0.39 is 6.08 Å². The summed E-state index contributed by atoms with van der Waals surface area (Å²) in [5.74, 6) is 1.88. The molecule has 1 aromatic carbocycles. The second-order valence-corrected chi connectivity index (χ2v) is 7.38. The molecule has 0 spiro atoms. The predicted octanol–water partition coefficient (Wildman–Crippen LogP) is 5.68. The van der Waals surface area contributed by atoms with Gasteiger partial charge in [-0.25, -0.2) is 0 Å². The van der Waals surface area contributed by atoms with Crippen molar-refractivity contribution in [2.45, 2.75) is 57.7 Å². The molecule has 0 bridgehead atoms. The normalized spacial score (nSPS) is 30.0. The van der Waals surface area contributed by atoms with Gasteiger partial charge in [-0.05, 0) is 74.5 Å². The van der Waals surface area contributed by atoms with Crippen LogP contribution < -0.4 is 0 Å². The van der Waals surface area contributed by atoms with Gasteiger partial charge in [0, 0.05) is 5.92 Å². The van der Waals surface area contributed by atoms with Crippen LogP contribution in [-0.4, -0.2) is 19.5 Å². The van der Waals surface area contributed by atoms with Crippen LogP contribution in [0, 0.1) is 11.8 Å². The molecule has 0 unspecified atom stereocenters. The first-order valence-electron chi connectivity index (χ1n) is 9.45. The van der Waals surface area contributed by atoms with Gasteiger partial charge in [-0.15, -0.1) is 0 Å². The molecule has 1 aromatic rings. The summed E-state index contributed by atoms with van der Waals surface area (Å²) in [6, 6.07) is 8.56. The number of allylic oxidation sites excluding steroid dienone is 1. The molecule has 138 valence electrons. The van der Waals surface area contributed by atoms with Crippen LogP contribution in [0.2, 0.25) is 0 Å². The quantitative estimate of drug-likeness (QED) is 0.680. The number of benzene rings is 1. The van der Waals surface area contributed by atoms with Crippen molar-refractivity contribution in [1.82, 2.24) is 0 Å². The van der Waals surface area contributed by atoms with Crippen LogP contribution in [0.15, 0.2) is 36.4 Å². The smallest absolute Gasteiger partial charge is 0.266 e. The fraction of sp³-hybridized carbons (Fsp3) is 0.619. The Morgan fingerprint density at radius 1 is 1.00 bits per heavy atom. The maximum atomic E-state index is 12.1. The maximum Gasteiger partial charge on any atom is 0.266 e. The lowest BCUT2D eigenvalue weighted by Gasteiger charge is -2.37. The van der Waals surface area contributed by atoms with E-state index in [0.717, 1.165) is 24.9 Å². The zero-order valence-electron chi connectivity index (χ0n) is 14.9. The van der Waals surface area contributed by atoms with Crippen LogP contribution in [0.25, 0.3) is 0 Å². The molecule has 0 aromatic heterocycles. The van der Waals surface area contributed by atoms with E-state index in [1.807, 2.05) is 6.92 Å². The number of halogens is 2. The van der Waals surface area contributed by atoms with Crippen molar-refractivity contribution in [3.63, 3.8) is 0 Å². The number of rotatable bonds is 5. The van der Waals surface area contributed by atoms with Gasteiger partial charge in [-0.3, -0.25) is 0 Å². The van der Waals surface area contributed by atoms with Gasteiger partial charge in [0.15, 0.2) is 6.29 Å². The van der Waals surface area contributed by atoms with Gasteiger partial charge in [-0.1, -0.05) is 24.3 Å². The average Bonchev–Trinajstić information content (AvgIpc) is 2.63. The first-order chi connectivity index (χ1) is 12.1. The Hall–Kier alpha value is -1.26. The molecule has 1 saturated heterocycles. The standard InChI is InChI=1S/C21H28F2O2/c1-15-24-13-20(14-25-15)19-11-9-18(10-12-19)17-7-5-16(6-8-17)3-2-4-21(22)23/h4-8,15,18-20H,2-3,9-14H2,1H3. The van der Waals surface area contributed by atoms with E-state index in [-0.39, 0.29) is 6.29 Å². The molecule has 1 aliphatic heterocycles. The van der Waals surface area contributed by atoms with E-state index in [4.69, 9.17) is 9.47 Å². The molecule has 3 rings (SSSR count). The molecule has 4 heteroatoms. The molecule has 25 heavy (non-hydrogen) atoms. The van der Waals surface area contributed by atoms with Crippen LogP contribution >= 0.6 is 0 Å². The minimum absolute atomic E-state index is 0.0528. The van der Waals surface area contributed by atoms with Crippen molar-refractivity contribution in [1.29, 1.82) is 0 Å². The minimum atomic E-state index is -1.59. The van der Waals surface area contributed by atoms with Crippen LogP contribution in [-0.2, 0) is 15.9 Å². The molecule has 2 nitrogen and oxygen atoms in total. The Kier molecular flexibility index (Phi) is 6.60. The number of aryl methyl sites for hydroxylation is 1. The first kappa shape index (κ1) is 18.5. The van der Waals surface area contributed by atoms with Crippen molar-refractivity contribution in [3.8, 4) is 0 Å². The highest BCUT2D eigenvalue weighted by Crippen LogP contribution is 2.39. The zero-order chi connectivity index (χ0) is 17.6. The van der Waals surface area contributed by atoms with Crippen molar-refractivity contribution < 1.29 is 18.3 Å². The fourth-order valence-corrected chi connectivity index (χ4v) is 4.11. The van der Waals surface area contributed by atoms with Crippen molar-refractivity contribution in [3.05, 3.63) is 47.5 Å². The molecule has 1 aliphatic carbocycles. The van der Waals surface area contributed by atoms with Crippen LogP contribution in [0.5, 0.6) is 0 Å². The summed E-state index contributed by atoms with van der Waals surface area (Å²) in [7, 11) is 0. The maximum absolute atomic E-state index is 12.1. The van der Waals surface area contributed by atoms with E-state index in [0.29, 0.717) is 30.6 Å². The highest BCUT2D eigenvalue weighted by atomic mass is 19.3. The summed E-state index contributed by atoms with van der Waals surface area (Å²) in [5.41, 5.74) is 2.51. The molecule has 0 radical (unpaired) electrons. The van der Waals surface area contributed by atoms with Crippen LogP contribution in [0.4, 0.5) is 8.78 Å². The van der Waals surface area contributed by atoms with Gasteiger partial charge >= 0.3 is 0 Å². The lowest BCUT2D eigenvalue weighted by molar-refractivity contribution is -0.200. The van der Waals surface area contributed by atoms with Gasteiger partial charge in [0.1, 0.15) is 0 Å². The van der Waals surface area contributed by atoms with Crippen molar-refractivity contribution in [2.24, 2.45) is 11.8 Å². The van der Waals surface area contributed by atoms with E-state index in [1.54, 1.807) is 0 Å². The van der Waals surface area contributed by atoms with E-state index >= 15 is 0 Å². The Balaban J connectivity index is 1.47. The molecule has 0 atom stereocenters. The van der Waals surface area contributed by atoms with Gasteiger partial charge in [0.05, 0.1) is 13.2 Å². The summed E-state index contributed by atoms with van der Waals surface area (Å²) in [6.45, 7) is 3.62. The zero-order valence-corrected chi connectivity index (χ0v) is 14.9. The van der Waals surface area contributed by atoms with E-state index in [9.17, 15) is 8.78 Å². The van der Waals surface area contributed by atoms with Crippen molar-refractivity contribution >= 4 is 0 Å². The fourth-order valence-electron chi connectivity index (χ4n) is 4.11. The molecule has 2 fully saturated rings. The highest BCUT2D eigenvalue weighted by molar-refractivity contribution is 5.26. The van der Waals surface area contributed by atoms with E-state index in [1.165, 1.54) is 31.2 Å². The van der Waals surface area contributed by atoms with Gasteiger partial charge < -0.3 is 9.47 Å². The SMILES string of the molecule is CC1OCC(C2CCC(c3ccc(CCC=C(F)F)cc3)CC2)CO1. The summed E-state index contributed by atoms with van der Waals surface area (Å²) < 4.78 is 35.4. The molecule has 1 heterocycles. The average molecular weight is 350 g/mol. The summed E-state index contributed by atoms with van der Waals surface area (Å²) >= 11 is 0. The topological polar surface area (TPSA) is 18.5 Å². The molecular formula is C21H28F2O2. The second-order valence-electron chi connectivity index (χ2n) is 7.38. The first-order valence-corrected chi connectivity index (χ1v) is 9.45. The van der Waals surface area contributed by atoms with Crippen LogP contribution in [0.3, 0.4) is 0 Å². The minimum Gasteiger partial charge on any atom is -0.353 e.